The molecule has 0 fully saturated rings. The van der Waals surface area contributed by atoms with Gasteiger partial charge in [-0.25, -0.2) is 4.79 Å². The van der Waals surface area contributed by atoms with Crippen LogP contribution in [0.25, 0.3) is 0 Å². The Hall–Kier alpha value is -2.56. The van der Waals surface area contributed by atoms with E-state index in [1.807, 2.05) is 37.3 Å². The van der Waals surface area contributed by atoms with Gasteiger partial charge in [-0.05, 0) is 56.7 Å². The van der Waals surface area contributed by atoms with Crippen molar-refractivity contribution in [1.29, 1.82) is 0 Å². The zero-order chi connectivity index (χ0) is 16.7. The molecule has 0 saturated carbocycles. The SMILES string of the molecule is CCN(CC)c1ccc(NC(=O)NCc2ccccn2)c(C)c1. The number of anilines is 2. The molecule has 2 N–H and O–H groups in total. The van der Waals surface area contributed by atoms with E-state index in [4.69, 9.17) is 0 Å². The summed E-state index contributed by atoms with van der Waals surface area (Å²) in [4.78, 5) is 18.5. The molecule has 2 rings (SSSR count). The van der Waals surface area contributed by atoms with Crippen molar-refractivity contribution in [2.75, 3.05) is 23.3 Å². The van der Waals surface area contributed by atoms with Crippen molar-refractivity contribution in [3.05, 3.63) is 53.9 Å². The van der Waals surface area contributed by atoms with Gasteiger partial charge in [0.2, 0.25) is 0 Å². The van der Waals surface area contributed by atoms with Gasteiger partial charge in [0.15, 0.2) is 0 Å². The molecule has 0 spiro atoms. The number of rotatable bonds is 6. The van der Waals surface area contributed by atoms with Gasteiger partial charge in [0.1, 0.15) is 0 Å². The Morgan fingerprint density at radius 1 is 1.17 bits per heavy atom. The Morgan fingerprint density at radius 2 is 1.96 bits per heavy atom. The second-order valence-electron chi connectivity index (χ2n) is 5.30. The van der Waals surface area contributed by atoms with Crippen LogP contribution >= 0.6 is 0 Å². The number of hydrogen-bond donors (Lipinski definition) is 2. The zero-order valence-electron chi connectivity index (χ0n) is 14.0. The van der Waals surface area contributed by atoms with E-state index in [9.17, 15) is 4.79 Å². The van der Waals surface area contributed by atoms with Gasteiger partial charge in [-0.2, -0.15) is 0 Å². The highest BCUT2D eigenvalue weighted by atomic mass is 16.2. The van der Waals surface area contributed by atoms with E-state index in [0.717, 1.165) is 30.0 Å². The number of pyridine rings is 1. The van der Waals surface area contributed by atoms with Gasteiger partial charge in [0, 0.05) is 30.7 Å². The van der Waals surface area contributed by atoms with Gasteiger partial charge in [-0.15, -0.1) is 0 Å². The number of urea groups is 1. The van der Waals surface area contributed by atoms with Crippen LogP contribution in [0.1, 0.15) is 25.1 Å². The van der Waals surface area contributed by atoms with E-state index in [1.54, 1.807) is 6.20 Å². The number of benzene rings is 1. The minimum atomic E-state index is -0.227. The van der Waals surface area contributed by atoms with Crippen LogP contribution in [0.3, 0.4) is 0 Å². The maximum absolute atomic E-state index is 12.0. The van der Waals surface area contributed by atoms with Gasteiger partial charge in [-0.1, -0.05) is 6.07 Å². The fraction of sp³-hybridized carbons (Fsp3) is 0.333. The van der Waals surface area contributed by atoms with Crippen molar-refractivity contribution in [2.24, 2.45) is 0 Å². The van der Waals surface area contributed by atoms with Crippen molar-refractivity contribution in [3.63, 3.8) is 0 Å². The minimum absolute atomic E-state index is 0.227. The highest BCUT2D eigenvalue weighted by molar-refractivity contribution is 5.90. The molecule has 0 atom stereocenters. The lowest BCUT2D eigenvalue weighted by atomic mass is 10.1. The van der Waals surface area contributed by atoms with Crippen LogP contribution in [0.4, 0.5) is 16.2 Å². The summed E-state index contributed by atoms with van der Waals surface area (Å²) in [6, 6.07) is 11.5. The smallest absolute Gasteiger partial charge is 0.319 e. The average Bonchev–Trinajstić information content (AvgIpc) is 2.57. The van der Waals surface area contributed by atoms with Crippen LogP contribution in [-0.4, -0.2) is 24.1 Å². The molecule has 5 nitrogen and oxygen atoms in total. The van der Waals surface area contributed by atoms with Gasteiger partial charge in [0.05, 0.1) is 12.2 Å². The minimum Gasteiger partial charge on any atom is -0.372 e. The molecule has 2 amide bonds. The van der Waals surface area contributed by atoms with Crippen LogP contribution < -0.4 is 15.5 Å². The summed E-state index contributed by atoms with van der Waals surface area (Å²) in [6.45, 7) is 8.61. The number of nitrogens with one attached hydrogen (secondary N) is 2. The molecule has 0 saturated heterocycles. The lowest BCUT2D eigenvalue weighted by Crippen LogP contribution is -2.29. The third kappa shape index (κ3) is 4.71. The Bertz CT molecular complexity index is 639. The Kier molecular flexibility index (Phi) is 5.97. The highest BCUT2D eigenvalue weighted by Crippen LogP contribution is 2.22. The highest BCUT2D eigenvalue weighted by Gasteiger charge is 2.07. The number of hydrogen-bond acceptors (Lipinski definition) is 3. The molecule has 5 heteroatoms. The largest absolute Gasteiger partial charge is 0.372 e. The quantitative estimate of drug-likeness (QED) is 0.857. The molecule has 1 aromatic heterocycles. The van der Waals surface area contributed by atoms with Crippen molar-refractivity contribution in [2.45, 2.75) is 27.3 Å². The normalized spacial score (nSPS) is 10.2. The van der Waals surface area contributed by atoms with Crippen LogP contribution in [0.2, 0.25) is 0 Å². The fourth-order valence-electron chi connectivity index (χ4n) is 2.41. The summed E-state index contributed by atoms with van der Waals surface area (Å²) in [6.07, 6.45) is 1.71. The summed E-state index contributed by atoms with van der Waals surface area (Å²) < 4.78 is 0. The van der Waals surface area contributed by atoms with E-state index in [2.05, 4.69) is 40.4 Å². The average molecular weight is 312 g/mol. The van der Waals surface area contributed by atoms with Gasteiger partial charge >= 0.3 is 6.03 Å². The Labute approximate surface area is 137 Å². The van der Waals surface area contributed by atoms with Crippen LogP contribution in [0.15, 0.2) is 42.6 Å². The standard InChI is InChI=1S/C18H24N4O/c1-4-22(5-2)16-9-10-17(14(3)12-16)21-18(23)20-13-15-8-6-7-11-19-15/h6-12H,4-5,13H2,1-3H3,(H2,20,21,23). The van der Waals surface area contributed by atoms with Crippen molar-refractivity contribution in [3.8, 4) is 0 Å². The van der Waals surface area contributed by atoms with Crippen LogP contribution in [0.5, 0.6) is 0 Å². The number of amides is 2. The molecule has 0 aliphatic carbocycles. The van der Waals surface area contributed by atoms with Crippen LogP contribution in [-0.2, 0) is 6.54 Å². The van der Waals surface area contributed by atoms with Crippen molar-refractivity contribution < 1.29 is 4.79 Å². The molecular formula is C18H24N4O. The molecule has 0 radical (unpaired) electrons. The molecule has 2 aromatic rings. The number of nitrogens with zero attached hydrogens (tertiary/aromatic N) is 2. The fourth-order valence-corrected chi connectivity index (χ4v) is 2.41. The maximum Gasteiger partial charge on any atom is 0.319 e. The van der Waals surface area contributed by atoms with E-state index in [0.29, 0.717) is 6.54 Å². The Morgan fingerprint density at radius 3 is 2.57 bits per heavy atom. The zero-order valence-corrected chi connectivity index (χ0v) is 14.0. The summed E-state index contributed by atoms with van der Waals surface area (Å²) in [5.74, 6) is 0. The first-order valence-corrected chi connectivity index (χ1v) is 7.94. The number of carbonyl (C=O) groups excluding carboxylic acids is 1. The molecule has 122 valence electrons. The van der Waals surface area contributed by atoms with E-state index < -0.39 is 0 Å². The third-order valence-corrected chi connectivity index (χ3v) is 3.74. The van der Waals surface area contributed by atoms with Gasteiger partial charge < -0.3 is 15.5 Å². The Balaban J connectivity index is 1.95. The summed E-state index contributed by atoms with van der Waals surface area (Å²) in [5, 5.41) is 5.70. The van der Waals surface area contributed by atoms with Crippen LogP contribution in [0, 0.1) is 6.92 Å². The molecule has 1 heterocycles. The van der Waals surface area contributed by atoms with E-state index >= 15 is 0 Å². The topological polar surface area (TPSA) is 57.3 Å². The first kappa shape index (κ1) is 16.8. The molecule has 1 aromatic carbocycles. The van der Waals surface area contributed by atoms with E-state index in [-0.39, 0.29) is 6.03 Å². The summed E-state index contributed by atoms with van der Waals surface area (Å²) in [5.41, 5.74) is 3.87. The third-order valence-electron chi connectivity index (χ3n) is 3.74. The molecule has 0 bridgehead atoms. The first-order chi connectivity index (χ1) is 11.1. The molecule has 23 heavy (non-hydrogen) atoms. The molecule has 0 aliphatic rings. The molecular weight excluding hydrogens is 288 g/mol. The number of aromatic nitrogens is 1. The predicted octanol–water partition coefficient (Wildman–Crippen LogP) is 3.56. The lowest BCUT2D eigenvalue weighted by molar-refractivity contribution is 0.251. The number of carbonyl (C=O) groups is 1. The summed E-state index contributed by atoms with van der Waals surface area (Å²) in [7, 11) is 0. The monoisotopic (exact) mass is 312 g/mol. The molecule has 0 unspecified atom stereocenters. The predicted molar refractivity (Wildman–Crippen MR) is 94.8 cm³/mol. The molecule has 0 aliphatic heterocycles. The van der Waals surface area contributed by atoms with Gasteiger partial charge in [-0.3, -0.25) is 4.98 Å². The second-order valence-corrected chi connectivity index (χ2v) is 5.30. The first-order valence-electron chi connectivity index (χ1n) is 7.94. The van der Waals surface area contributed by atoms with Gasteiger partial charge in [0.25, 0.3) is 0 Å². The maximum atomic E-state index is 12.0. The lowest BCUT2D eigenvalue weighted by Gasteiger charge is -2.22. The van der Waals surface area contributed by atoms with Crippen molar-refractivity contribution >= 4 is 17.4 Å². The van der Waals surface area contributed by atoms with Crippen molar-refractivity contribution in [1.82, 2.24) is 10.3 Å². The number of aryl methyl sites for hydroxylation is 1. The summed E-state index contributed by atoms with van der Waals surface area (Å²) >= 11 is 0. The second kappa shape index (κ2) is 8.17. The van der Waals surface area contributed by atoms with E-state index in [1.165, 1.54) is 5.69 Å².